The highest BCUT2D eigenvalue weighted by molar-refractivity contribution is 7.25. The summed E-state index contributed by atoms with van der Waals surface area (Å²) in [5, 5.41) is 9.93. The molecule has 4 aromatic heterocycles. The number of nitrogens with zero attached hydrogens (tertiary/aromatic N) is 5. The minimum atomic E-state index is -0.00565. The molecule has 0 fully saturated rings. The van der Waals surface area contributed by atoms with Crippen molar-refractivity contribution < 1.29 is 0 Å². The lowest BCUT2D eigenvalue weighted by atomic mass is 9.63. The van der Waals surface area contributed by atoms with Gasteiger partial charge >= 0.3 is 0 Å². The summed E-state index contributed by atoms with van der Waals surface area (Å²) in [6.07, 6.45) is 2.25. The molecule has 0 saturated heterocycles. The summed E-state index contributed by atoms with van der Waals surface area (Å²) in [5.41, 5.74) is 10.4. The molecule has 302 valence electrons. The second-order valence-corrected chi connectivity index (χ2v) is 19.8. The first-order valence-electron chi connectivity index (χ1n) is 22.0. The van der Waals surface area contributed by atoms with Gasteiger partial charge in [-0.3, -0.25) is 4.57 Å². The van der Waals surface area contributed by atoms with Crippen LogP contribution in [0.1, 0.15) is 51.7 Å². The maximum Gasteiger partial charge on any atom is 0.238 e. The van der Waals surface area contributed by atoms with E-state index in [1.165, 1.54) is 74.6 Å². The largest absolute Gasteiger partial charge is 0.309 e. The molecule has 63 heavy (non-hydrogen) atoms. The summed E-state index contributed by atoms with van der Waals surface area (Å²) >= 11 is 1.81. The Labute approximate surface area is 368 Å². The molecule has 0 radical (unpaired) electrons. The first-order valence-corrected chi connectivity index (χ1v) is 22.8. The Kier molecular flexibility index (Phi) is 7.64. The van der Waals surface area contributed by atoms with Gasteiger partial charge in [-0.05, 0) is 100 Å². The molecule has 0 amide bonds. The molecule has 0 aliphatic heterocycles. The number of fused-ring (bicyclic) bond motifs is 13. The zero-order valence-electron chi connectivity index (χ0n) is 35.6. The minimum absolute atomic E-state index is 0.00565. The van der Waals surface area contributed by atoms with Crippen LogP contribution >= 0.6 is 11.3 Å². The molecule has 13 rings (SSSR count). The second kappa shape index (κ2) is 13.2. The maximum absolute atomic E-state index is 5.49. The molecule has 0 N–H and O–H groups in total. The Balaban J connectivity index is 1.19. The van der Waals surface area contributed by atoms with Crippen molar-refractivity contribution in [2.45, 2.75) is 51.4 Å². The molecule has 0 saturated carbocycles. The summed E-state index contributed by atoms with van der Waals surface area (Å²) in [5.74, 6) is 1.91. The van der Waals surface area contributed by atoms with Gasteiger partial charge in [0.15, 0.2) is 11.6 Å². The Morgan fingerprint density at radius 1 is 0.429 bits per heavy atom. The van der Waals surface area contributed by atoms with E-state index in [4.69, 9.17) is 15.0 Å². The van der Waals surface area contributed by atoms with Crippen molar-refractivity contribution in [3.8, 4) is 34.4 Å². The van der Waals surface area contributed by atoms with Crippen molar-refractivity contribution in [2.75, 3.05) is 0 Å². The molecule has 0 bridgehead atoms. The molecule has 1 aliphatic rings. The highest BCUT2D eigenvalue weighted by Gasteiger charge is 2.38. The number of benzene rings is 8. The molecule has 0 atom stereocenters. The first-order chi connectivity index (χ1) is 30.7. The van der Waals surface area contributed by atoms with Gasteiger partial charge in [-0.25, -0.2) is 4.98 Å². The lowest BCUT2D eigenvalue weighted by Crippen LogP contribution is -2.33. The summed E-state index contributed by atoms with van der Waals surface area (Å²) in [7, 11) is 0. The number of rotatable bonds is 4. The monoisotopic (exact) mass is 829 g/mol. The molecule has 4 heterocycles. The Hall–Kier alpha value is -7.15. The highest BCUT2D eigenvalue weighted by atomic mass is 32.1. The van der Waals surface area contributed by atoms with E-state index in [9.17, 15) is 0 Å². The third-order valence-electron chi connectivity index (χ3n) is 14.0. The van der Waals surface area contributed by atoms with Gasteiger partial charge in [0.1, 0.15) is 0 Å². The molecule has 1 aliphatic carbocycles. The van der Waals surface area contributed by atoms with E-state index in [1.54, 1.807) is 0 Å². The SMILES string of the molecule is CC1(C)CCC(C)(C)c2cc3c(cc21)c1c2c4c5ccccc5ccc4n(-c4ccccc4)c2ccc1n3-c1nc(-c2ccccc2)nc(-c2ccc3c(c2)sc2ccccc23)n1. The Bertz CT molecular complexity index is 3850. The normalized spacial score (nSPS) is 14.8. The van der Waals surface area contributed by atoms with E-state index in [0.717, 1.165) is 40.7 Å². The van der Waals surface area contributed by atoms with Crippen LogP contribution in [0.25, 0.3) is 109 Å². The first kappa shape index (κ1) is 36.5. The van der Waals surface area contributed by atoms with Crippen molar-refractivity contribution >= 4 is 85.9 Å². The summed E-state index contributed by atoms with van der Waals surface area (Å²) in [6.45, 7) is 9.68. The Morgan fingerprint density at radius 3 is 1.79 bits per heavy atom. The van der Waals surface area contributed by atoms with Crippen LogP contribution in [0.4, 0.5) is 0 Å². The predicted molar refractivity (Wildman–Crippen MR) is 265 cm³/mol. The van der Waals surface area contributed by atoms with Gasteiger partial charge in [0, 0.05) is 58.5 Å². The lowest BCUT2D eigenvalue weighted by Gasteiger charge is -2.42. The zero-order valence-corrected chi connectivity index (χ0v) is 36.5. The van der Waals surface area contributed by atoms with E-state index >= 15 is 0 Å². The standard InChI is InChI=1S/C57H43N5S/c1-56(2)29-30-57(3,4)43-33-47-41(32-42(43)56)51-45(27-28-46-52(51)50-38-20-12-11-15-34(38)24-26-44(50)61(46)37-18-9-6-10-19-37)62(47)55-59-53(35-16-7-5-8-17-35)58-54(60-55)36-23-25-40-39-21-13-14-22-48(39)63-49(40)31-36/h5-28,31-33H,29-30H2,1-4H3. The summed E-state index contributed by atoms with van der Waals surface area (Å²) in [4.78, 5) is 16.2. The van der Waals surface area contributed by atoms with Crippen LogP contribution in [0.2, 0.25) is 0 Å². The maximum atomic E-state index is 5.49. The van der Waals surface area contributed by atoms with Crippen molar-refractivity contribution in [3.05, 3.63) is 175 Å². The van der Waals surface area contributed by atoms with Gasteiger partial charge in [0.25, 0.3) is 0 Å². The number of thiophene rings is 1. The molecular weight excluding hydrogens is 787 g/mol. The molecule has 5 nitrogen and oxygen atoms in total. The van der Waals surface area contributed by atoms with Crippen LogP contribution in [0.15, 0.2) is 164 Å². The second-order valence-electron chi connectivity index (χ2n) is 18.7. The van der Waals surface area contributed by atoms with Crippen LogP contribution in [0, 0.1) is 0 Å². The predicted octanol–water partition coefficient (Wildman–Crippen LogP) is 15.3. The van der Waals surface area contributed by atoms with Crippen LogP contribution in [-0.4, -0.2) is 24.1 Å². The molecule has 0 unspecified atom stereocenters. The van der Waals surface area contributed by atoms with E-state index < -0.39 is 0 Å². The van der Waals surface area contributed by atoms with Crippen molar-refractivity contribution in [3.63, 3.8) is 0 Å². The smallest absolute Gasteiger partial charge is 0.238 e. The quantitative estimate of drug-likeness (QED) is 0.178. The van der Waals surface area contributed by atoms with Crippen molar-refractivity contribution in [1.82, 2.24) is 24.1 Å². The lowest BCUT2D eigenvalue weighted by molar-refractivity contribution is 0.332. The minimum Gasteiger partial charge on any atom is -0.309 e. The van der Waals surface area contributed by atoms with Crippen LogP contribution in [0.3, 0.4) is 0 Å². The van der Waals surface area contributed by atoms with Crippen molar-refractivity contribution in [1.29, 1.82) is 0 Å². The van der Waals surface area contributed by atoms with Gasteiger partial charge in [0.2, 0.25) is 5.95 Å². The molecule has 0 spiro atoms. The third-order valence-corrected chi connectivity index (χ3v) is 15.2. The third kappa shape index (κ3) is 5.37. The van der Waals surface area contributed by atoms with E-state index in [1.807, 2.05) is 17.4 Å². The van der Waals surface area contributed by atoms with Crippen LogP contribution < -0.4 is 0 Å². The molecular formula is C57H43N5S. The van der Waals surface area contributed by atoms with E-state index in [2.05, 4.69) is 195 Å². The van der Waals surface area contributed by atoms with Gasteiger partial charge in [-0.2, -0.15) is 9.97 Å². The zero-order chi connectivity index (χ0) is 42.2. The fraction of sp³-hybridized carbons (Fsp3) is 0.140. The summed E-state index contributed by atoms with van der Waals surface area (Å²) < 4.78 is 7.28. The van der Waals surface area contributed by atoms with Crippen LogP contribution in [0.5, 0.6) is 0 Å². The number of hydrogen-bond donors (Lipinski definition) is 0. The number of para-hydroxylation sites is 1. The van der Waals surface area contributed by atoms with E-state index in [0.29, 0.717) is 17.6 Å². The van der Waals surface area contributed by atoms with Gasteiger partial charge in [0.05, 0.1) is 22.1 Å². The molecule has 8 aromatic carbocycles. The fourth-order valence-corrected chi connectivity index (χ4v) is 11.8. The average Bonchev–Trinajstić information content (AvgIpc) is 3.98. The van der Waals surface area contributed by atoms with Crippen LogP contribution in [-0.2, 0) is 10.8 Å². The van der Waals surface area contributed by atoms with E-state index in [-0.39, 0.29) is 10.8 Å². The Morgan fingerprint density at radius 2 is 1.02 bits per heavy atom. The number of aromatic nitrogens is 5. The average molecular weight is 830 g/mol. The van der Waals surface area contributed by atoms with Crippen molar-refractivity contribution in [2.24, 2.45) is 0 Å². The van der Waals surface area contributed by atoms with Gasteiger partial charge < -0.3 is 4.57 Å². The molecule has 6 heteroatoms. The summed E-state index contributed by atoms with van der Waals surface area (Å²) in [6, 6.07) is 59.5. The van der Waals surface area contributed by atoms with Gasteiger partial charge in [-0.15, -0.1) is 11.3 Å². The van der Waals surface area contributed by atoms with Gasteiger partial charge in [-0.1, -0.05) is 137 Å². The highest BCUT2D eigenvalue weighted by Crippen LogP contribution is 2.51. The molecule has 12 aromatic rings. The fourth-order valence-electron chi connectivity index (χ4n) is 10.7. The number of hydrogen-bond acceptors (Lipinski definition) is 4. The topological polar surface area (TPSA) is 48.5 Å².